The molecule has 1 amide bonds. The number of nitrogens with zero attached hydrogens (tertiary/aromatic N) is 1. The first-order valence-electron chi connectivity index (χ1n) is 8.13. The van der Waals surface area contributed by atoms with Crippen molar-refractivity contribution < 1.29 is 18.1 Å². The maximum atomic E-state index is 12.4. The molecule has 0 fully saturated rings. The van der Waals surface area contributed by atoms with Crippen LogP contribution in [-0.2, 0) is 16.6 Å². The molecule has 29 heavy (non-hydrogen) atoms. The number of nitro benzene ring substituents is 1. The third-order valence-electron chi connectivity index (χ3n) is 3.78. The Labute approximate surface area is 178 Å². The van der Waals surface area contributed by atoms with Gasteiger partial charge in [0.05, 0.1) is 16.4 Å². The van der Waals surface area contributed by atoms with E-state index in [9.17, 15) is 23.3 Å². The van der Waals surface area contributed by atoms with E-state index < -0.39 is 14.9 Å². The number of rotatable bonds is 7. The van der Waals surface area contributed by atoms with Crippen LogP contribution in [0, 0.1) is 10.1 Å². The minimum atomic E-state index is -4.00. The molecule has 150 valence electrons. The molecule has 11 heteroatoms. The van der Waals surface area contributed by atoms with Crippen LogP contribution in [0.25, 0.3) is 0 Å². The molecule has 0 atom stereocenters. The number of hydrogen-bond acceptors (Lipinski definition) is 6. The summed E-state index contributed by atoms with van der Waals surface area (Å²) >= 11 is 4.87. The predicted molar refractivity (Wildman–Crippen MR) is 114 cm³/mol. The molecule has 0 saturated heterocycles. The molecular formula is C18H14BrN3O5S2. The molecule has 1 heterocycles. The van der Waals surface area contributed by atoms with Crippen LogP contribution in [0.5, 0.6) is 0 Å². The Morgan fingerprint density at radius 3 is 2.48 bits per heavy atom. The number of amides is 1. The molecule has 1 aromatic heterocycles. The van der Waals surface area contributed by atoms with Gasteiger partial charge in [-0.25, -0.2) is 8.42 Å². The lowest BCUT2D eigenvalue weighted by atomic mass is 10.2. The van der Waals surface area contributed by atoms with Crippen LogP contribution in [0.3, 0.4) is 0 Å². The highest BCUT2D eigenvalue weighted by Crippen LogP contribution is 2.21. The first kappa shape index (κ1) is 21.0. The van der Waals surface area contributed by atoms with Crippen LogP contribution in [0.1, 0.15) is 15.2 Å². The van der Waals surface area contributed by atoms with Gasteiger partial charge in [-0.05, 0) is 52.3 Å². The third-order valence-corrected chi connectivity index (χ3v) is 6.86. The maximum Gasteiger partial charge on any atom is 0.270 e. The van der Waals surface area contributed by atoms with Crippen LogP contribution < -0.4 is 10.0 Å². The average Bonchev–Trinajstić information content (AvgIpc) is 3.11. The number of non-ortho nitro benzene ring substituents is 1. The van der Waals surface area contributed by atoms with Crippen LogP contribution in [0.4, 0.5) is 11.4 Å². The Morgan fingerprint density at radius 1 is 1.14 bits per heavy atom. The van der Waals surface area contributed by atoms with Crippen molar-refractivity contribution >= 4 is 54.6 Å². The molecule has 3 rings (SSSR count). The van der Waals surface area contributed by atoms with E-state index in [1.165, 1.54) is 53.8 Å². The molecular weight excluding hydrogens is 482 g/mol. The Morgan fingerprint density at radius 2 is 1.86 bits per heavy atom. The van der Waals surface area contributed by atoms with Gasteiger partial charge in [-0.2, -0.15) is 0 Å². The number of thiophene rings is 1. The Kier molecular flexibility index (Phi) is 6.30. The van der Waals surface area contributed by atoms with Crippen molar-refractivity contribution in [3.05, 3.63) is 85.0 Å². The molecule has 2 aromatic carbocycles. The second-order valence-corrected chi connectivity index (χ2v) is 9.45. The molecule has 0 aliphatic heterocycles. The van der Waals surface area contributed by atoms with Crippen LogP contribution in [0.15, 0.2) is 69.3 Å². The zero-order valence-electron chi connectivity index (χ0n) is 14.7. The quantitative estimate of drug-likeness (QED) is 0.376. The summed E-state index contributed by atoms with van der Waals surface area (Å²) in [6.07, 6.45) is 0. The lowest BCUT2D eigenvalue weighted by Gasteiger charge is -2.09. The number of sulfonamides is 1. The number of anilines is 1. The molecule has 8 nitrogen and oxygen atoms in total. The highest BCUT2D eigenvalue weighted by molar-refractivity contribution is 9.10. The minimum absolute atomic E-state index is 0.226. The van der Waals surface area contributed by atoms with Crippen molar-refractivity contribution in [1.29, 1.82) is 0 Å². The van der Waals surface area contributed by atoms with Gasteiger partial charge in [0, 0.05) is 38.1 Å². The summed E-state index contributed by atoms with van der Waals surface area (Å²) < 4.78 is 28.2. The molecule has 3 aromatic rings. The first-order chi connectivity index (χ1) is 13.7. The molecule has 0 aliphatic carbocycles. The summed E-state index contributed by atoms with van der Waals surface area (Å²) in [5, 5.41) is 15.5. The number of nitrogens with one attached hydrogen (secondary N) is 2. The summed E-state index contributed by atoms with van der Waals surface area (Å²) in [5.74, 6) is -0.289. The maximum absolute atomic E-state index is 12.4. The zero-order chi connectivity index (χ0) is 21.0. The summed E-state index contributed by atoms with van der Waals surface area (Å²) in [6.45, 7) is 0.385. The van der Waals surface area contributed by atoms with E-state index in [4.69, 9.17) is 0 Å². The second kappa shape index (κ2) is 8.72. The van der Waals surface area contributed by atoms with E-state index in [1.807, 2.05) is 11.4 Å². The van der Waals surface area contributed by atoms with Gasteiger partial charge in [0.15, 0.2) is 0 Å². The number of carbonyl (C=O) groups is 1. The normalized spacial score (nSPS) is 11.1. The fraction of sp³-hybridized carbons (Fsp3) is 0.0556. The fourth-order valence-electron chi connectivity index (χ4n) is 2.38. The summed E-state index contributed by atoms with van der Waals surface area (Å²) in [5.41, 5.74) is 0.284. The molecule has 0 bridgehead atoms. The number of carbonyl (C=O) groups excluding carboxylic acids is 1. The van der Waals surface area contributed by atoms with Gasteiger partial charge in [-0.15, -0.1) is 11.3 Å². The molecule has 0 radical (unpaired) electrons. The van der Waals surface area contributed by atoms with Crippen molar-refractivity contribution in [2.75, 3.05) is 4.72 Å². The van der Waals surface area contributed by atoms with Gasteiger partial charge in [-0.1, -0.05) is 6.07 Å². The number of benzene rings is 2. The molecule has 0 unspecified atom stereocenters. The summed E-state index contributed by atoms with van der Waals surface area (Å²) in [4.78, 5) is 23.2. The lowest BCUT2D eigenvalue weighted by molar-refractivity contribution is -0.385. The fourth-order valence-corrected chi connectivity index (χ4v) is 4.87. The van der Waals surface area contributed by atoms with E-state index >= 15 is 0 Å². The Balaban J connectivity index is 1.67. The van der Waals surface area contributed by atoms with Crippen molar-refractivity contribution in [3.63, 3.8) is 0 Å². The standard InChI is InChI=1S/C18H14BrN3O5S2/c19-13-8-16(28-11-13)10-20-18(23)12-4-6-14(7-5-12)21-29(26,27)17-3-1-2-15(9-17)22(24)25/h1-9,11,21H,10H2,(H,20,23). The smallest absolute Gasteiger partial charge is 0.270 e. The largest absolute Gasteiger partial charge is 0.347 e. The van der Waals surface area contributed by atoms with Crippen LogP contribution in [-0.4, -0.2) is 19.2 Å². The number of hydrogen-bond donors (Lipinski definition) is 2. The van der Waals surface area contributed by atoms with Gasteiger partial charge in [0.1, 0.15) is 0 Å². The Bertz CT molecular complexity index is 1160. The third kappa shape index (κ3) is 5.40. The van der Waals surface area contributed by atoms with Crippen molar-refractivity contribution in [3.8, 4) is 0 Å². The first-order valence-corrected chi connectivity index (χ1v) is 11.3. The van der Waals surface area contributed by atoms with E-state index in [0.717, 1.165) is 15.4 Å². The second-order valence-electron chi connectivity index (χ2n) is 5.85. The van der Waals surface area contributed by atoms with E-state index in [2.05, 4.69) is 26.0 Å². The monoisotopic (exact) mass is 495 g/mol. The predicted octanol–water partition coefficient (Wildman–Crippen LogP) is 4.15. The van der Waals surface area contributed by atoms with Gasteiger partial charge in [-0.3, -0.25) is 19.6 Å². The highest BCUT2D eigenvalue weighted by Gasteiger charge is 2.18. The SMILES string of the molecule is O=C(NCc1cc(Br)cs1)c1ccc(NS(=O)(=O)c2cccc([N+](=O)[O-])c2)cc1. The topological polar surface area (TPSA) is 118 Å². The van der Waals surface area contributed by atoms with E-state index in [0.29, 0.717) is 12.1 Å². The van der Waals surface area contributed by atoms with Gasteiger partial charge >= 0.3 is 0 Å². The van der Waals surface area contributed by atoms with E-state index in [1.54, 1.807) is 0 Å². The van der Waals surface area contributed by atoms with Crippen LogP contribution >= 0.6 is 27.3 Å². The summed E-state index contributed by atoms with van der Waals surface area (Å²) in [6, 6.07) is 12.5. The van der Waals surface area contributed by atoms with Gasteiger partial charge in [0.2, 0.25) is 0 Å². The van der Waals surface area contributed by atoms with Gasteiger partial charge < -0.3 is 5.32 Å². The Hall–Kier alpha value is -2.76. The minimum Gasteiger partial charge on any atom is -0.347 e. The molecule has 0 spiro atoms. The van der Waals surface area contributed by atoms with Crippen molar-refractivity contribution in [2.45, 2.75) is 11.4 Å². The number of halogens is 1. The van der Waals surface area contributed by atoms with Crippen molar-refractivity contribution in [1.82, 2.24) is 5.32 Å². The summed E-state index contributed by atoms with van der Waals surface area (Å²) in [7, 11) is -4.00. The van der Waals surface area contributed by atoms with Crippen molar-refractivity contribution in [2.24, 2.45) is 0 Å². The molecule has 0 saturated carbocycles. The molecule has 2 N–H and O–H groups in total. The van der Waals surface area contributed by atoms with Gasteiger partial charge in [0.25, 0.3) is 21.6 Å². The van der Waals surface area contributed by atoms with E-state index in [-0.39, 0.29) is 22.2 Å². The molecule has 0 aliphatic rings. The average molecular weight is 496 g/mol. The lowest BCUT2D eigenvalue weighted by Crippen LogP contribution is -2.22. The zero-order valence-corrected chi connectivity index (χ0v) is 17.9. The highest BCUT2D eigenvalue weighted by atomic mass is 79.9. The number of nitro groups is 1. The van der Waals surface area contributed by atoms with Crippen LogP contribution in [0.2, 0.25) is 0 Å².